The summed E-state index contributed by atoms with van der Waals surface area (Å²) in [6.45, 7) is 0.449. The van der Waals surface area contributed by atoms with Crippen LogP contribution in [0.4, 0.5) is 24.5 Å². The molecule has 0 aliphatic carbocycles. The standard InChI is InChI=1S/C25H23F3N2O4/c1-33-11-12-34-22-10-9-18(25(26,27)28)14-20(22)29-24(32)17-13-23(31)30(15-17)21-8-4-6-16-5-2-3-7-19(16)21/h2-10,14,17H,11-13,15H2,1H3,(H,29,32). The van der Waals surface area contributed by atoms with Gasteiger partial charge in [-0.15, -0.1) is 0 Å². The van der Waals surface area contributed by atoms with E-state index in [-0.39, 0.29) is 43.5 Å². The van der Waals surface area contributed by atoms with Crippen LogP contribution >= 0.6 is 0 Å². The lowest BCUT2D eigenvalue weighted by Gasteiger charge is -2.19. The third-order valence-electron chi connectivity index (χ3n) is 5.66. The number of nitrogens with zero attached hydrogens (tertiary/aromatic N) is 1. The molecule has 0 aromatic heterocycles. The molecule has 1 heterocycles. The smallest absolute Gasteiger partial charge is 0.416 e. The molecule has 0 saturated carbocycles. The molecule has 1 unspecified atom stereocenters. The lowest BCUT2D eigenvalue weighted by molar-refractivity contribution is -0.137. The maximum absolute atomic E-state index is 13.2. The zero-order chi connectivity index (χ0) is 24.3. The number of carbonyl (C=O) groups excluding carboxylic acids is 2. The Morgan fingerprint density at radius 1 is 1.09 bits per heavy atom. The minimum Gasteiger partial charge on any atom is -0.489 e. The topological polar surface area (TPSA) is 67.9 Å². The quantitative estimate of drug-likeness (QED) is 0.498. The van der Waals surface area contributed by atoms with Crippen molar-refractivity contribution < 1.29 is 32.2 Å². The van der Waals surface area contributed by atoms with Crippen LogP contribution in [0.1, 0.15) is 12.0 Å². The van der Waals surface area contributed by atoms with Gasteiger partial charge in [0.25, 0.3) is 0 Å². The maximum Gasteiger partial charge on any atom is 0.416 e. The summed E-state index contributed by atoms with van der Waals surface area (Å²) >= 11 is 0. The molecule has 1 fully saturated rings. The number of rotatable bonds is 7. The first-order chi connectivity index (χ1) is 16.3. The van der Waals surface area contributed by atoms with Crippen LogP contribution in [0.2, 0.25) is 0 Å². The molecule has 178 valence electrons. The molecule has 0 radical (unpaired) electrons. The van der Waals surface area contributed by atoms with Crippen molar-refractivity contribution >= 4 is 34.0 Å². The first-order valence-corrected chi connectivity index (χ1v) is 10.7. The summed E-state index contributed by atoms with van der Waals surface area (Å²) < 4.78 is 50.1. The Morgan fingerprint density at radius 3 is 2.62 bits per heavy atom. The molecular weight excluding hydrogens is 449 g/mol. The summed E-state index contributed by atoms with van der Waals surface area (Å²) in [5.41, 5.74) is -0.324. The second-order valence-electron chi connectivity index (χ2n) is 7.94. The molecule has 4 rings (SSSR count). The first-order valence-electron chi connectivity index (χ1n) is 10.7. The van der Waals surface area contributed by atoms with E-state index in [9.17, 15) is 22.8 Å². The number of benzene rings is 3. The van der Waals surface area contributed by atoms with Gasteiger partial charge in [-0.3, -0.25) is 9.59 Å². The summed E-state index contributed by atoms with van der Waals surface area (Å²) in [5.74, 6) is -1.41. The van der Waals surface area contributed by atoms with E-state index in [1.165, 1.54) is 7.11 Å². The summed E-state index contributed by atoms with van der Waals surface area (Å²) in [6.07, 6.45) is -4.63. The highest BCUT2D eigenvalue weighted by atomic mass is 19.4. The summed E-state index contributed by atoms with van der Waals surface area (Å²) in [7, 11) is 1.47. The molecule has 3 aromatic carbocycles. The SMILES string of the molecule is COCCOc1ccc(C(F)(F)F)cc1NC(=O)C1CC(=O)N(c2cccc3ccccc23)C1. The minimum atomic E-state index is -4.58. The van der Waals surface area contributed by atoms with Gasteiger partial charge in [-0.1, -0.05) is 36.4 Å². The van der Waals surface area contributed by atoms with Crippen molar-refractivity contribution in [2.24, 2.45) is 5.92 Å². The zero-order valence-corrected chi connectivity index (χ0v) is 18.4. The van der Waals surface area contributed by atoms with Crippen molar-refractivity contribution in [1.29, 1.82) is 0 Å². The third kappa shape index (κ3) is 4.99. The first kappa shape index (κ1) is 23.6. The van der Waals surface area contributed by atoms with E-state index in [4.69, 9.17) is 9.47 Å². The summed E-state index contributed by atoms with van der Waals surface area (Å²) in [6, 6.07) is 16.1. The van der Waals surface area contributed by atoms with Crippen LogP contribution in [0.3, 0.4) is 0 Å². The van der Waals surface area contributed by atoms with Crippen molar-refractivity contribution in [1.82, 2.24) is 0 Å². The average molecular weight is 472 g/mol. The van der Waals surface area contributed by atoms with Gasteiger partial charge in [-0.25, -0.2) is 0 Å². The molecular formula is C25H23F3N2O4. The van der Waals surface area contributed by atoms with E-state index in [0.717, 1.165) is 29.0 Å². The lowest BCUT2D eigenvalue weighted by atomic mass is 10.1. The number of ether oxygens (including phenoxy) is 2. The number of amides is 2. The summed E-state index contributed by atoms with van der Waals surface area (Å²) in [4.78, 5) is 27.3. The van der Waals surface area contributed by atoms with E-state index < -0.39 is 23.6 Å². The van der Waals surface area contributed by atoms with Crippen LogP contribution < -0.4 is 15.0 Å². The van der Waals surface area contributed by atoms with Gasteiger partial charge in [-0.2, -0.15) is 13.2 Å². The fraction of sp³-hybridized carbons (Fsp3) is 0.280. The van der Waals surface area contributed by atoms with Gasteiger partial charge in [0.05, 0.1) is 29.5 Å². The van der Waals surface area contributed by atoms with E-state index in [0.29, 0.717) is 5.69 Å². The van der Waals surface area contributed by atoms with Crippen molar-refractivity contribution in [3.8, 4) is 5.75 Å². The molecule has 0 bridgehead atoms. The summed E-state index contributed by atoms with van der Waals surface area (Å²) in [5, 5.41) is 4.38. The van der Waals surface area contributed by atoms with Crippen molar-refractivity contribution in [3.05, 3.63) is 66.2 Å². The van der Waals surface area contributed by atoms with Crippen molar-refractivity contribution in [2.75, 3.05) is 37.1 Å². The molecule has 9 heteroatoms. The number of hydrogen-bond donors (Lipinski definition) is 1. The normalized spacial score (nSPS) is 16.2. The molecule has 1 N–H and O–H groups in total. The van der Waals surface area contributed by atoms with Crippen LogP contribution in [0.15, 0.2) is 60.7 Å². The predicted molar refractivity (Wildman–Crippen MR) is 122 cm³/mol. The average Bonchev–Trinajstić information content (AvgIpc) is 3.20. The Kier molecular flexibility index (Phi) is 6.74. The number of alkyl halides is 3. The molecule has 34 heavy (non-hydrogen) atoms. The Bertz CT molecular complexity index is 1210. The minimum absolute atomic E-state index is 0.0477. The molecule has 0 spiro atoms. The molecule has 1 atom stereocenters. The molecule has 1 aliphatic heterocycles. The van der Waals surface area contributed by atoms with Crippen molar-refractivity contribution in [3.63, 3.8) is 0 Å². The Morgan fingerprint density at radius 2 is 1.85 bits per heavy atom. The number of anilines is 2. The van der Waals surface area contributed by atoms with Gasteiger partial charge in [0, 0.05) is 25.5 Å². The number of hydrogen-bond acceptors (Lipinski definition) is 4. The number of halogens is 3. The monoisotopic (exact) mass is 472 g/mol. The number of methoxy groups -OCH3 is 1. The second kappa shape index (κ2) is 9.72. The van der Waals surface area contributed by atoms with Crippen LogP contribution in [0, 0.1) is 5.92 Å². The molecule has 6 nitrogen and oxygen atoms in total. The Labute approximate surface area is 194 Å². The Hall–Kier alpha value is -3.59. The highest BCUT2D eigenvalue weighted by Crippen LogP contribution is 2.36. The highest BCUT2D eigenvalue weighted by Gasteiger charge is 2.37. The fourth-order valence-corrected chi connectivity index (χ4v) is 3.96. The molecule has 1 aliphatic rings. The van der Waals surface area contributed by atoms with Crippen molar-refractivity contribution in [2.45, 2.75) is 12.6 Å². The number of carbonyl (C=O) groups is 2. The Balaban J connectivity index is 1.55. The number of nitrogens with one attached hydrogen (secondary N) is 1. The maximum atomic E-state index is 13.2. The van der Waals surface area contributed by atoms with Gasteiger partial charge in [0.1, 0.15) is 12.4 Å². The van der Waals surface area contributed by atoms with Gasteiger partial charge in [0.2, 0.25) is 11.8 Å². The third-order valence-corrected chi connectivity index (χ3v) is 5.66. The van der Waals surface area contributed by atoms with E-state index in [1.54, 1.807) is 4.90 Å². The van der Waals surface area contributed by atoms with Crippen LogP contribution in [-0.4, -0.2) is 38.7 Å². The van der Waals surface area contributed by atoms with E-state index in [1.807, 2.05) is 42.5 Å². The lowest BCUT2D eigenvalue weighted by Crippen LogP contribution is -2.28. The molecule has 3 aromatic rings. The largest absolute Gasteiger partial charge is 0.489 e. The van der Waals surface area contributed by atoms with Crippen LogP contribution in [-0.2, 0) is 20.5 Å². The molecule has 1 saturated heterocycles. The van der Waals surface area contributed by atoms with E-state index >= 15 is 0 Å². The number of fused-ring (bicyclic) bond motifs is 1. The predicted octanol–water partition coefficient (Wildman–Crippen LogP) is 4.88. The zero-order valence-electron chi connectivity index (χ0n) is 18.4. The fourth-order valence-electron chi connectivity index (χ4n) is 3.96. The molecule has 2 amide bonds. The van der Waals surface area contributed by atoms with Gasteiger partial charge >= 0.3 is 6.18 Å². The van der Waals surface area contributed by atoms with Gasteiger partial charge in [-0.05, 0) is 29.7 Å². The highest BCUT2D eigenvalue weighted by molar-refractivity contribution is 6.08. The van der Waals surface area contributed by atoms with E-state index in [2.05, 4.69) is 5.32 Å². The van der Waals surface area contributed by atoms with Gasteiger partial charge < -0.3 is 19.7 Å². The van der Waals surface area contributed by atoms with Crippen LogP contribution in [0.5, 0.6) is 5.75 Å². The second-order valence-corrected chi connectivity index (χ2v) is 7.94. The van der Waals surface area contributed by atoms with Crippen LogP contribution in [0.25, 0.3) is 10.8 Å². The van der Waals surface area contributed by atoms with Gasteiger partial charge in [0.15, 0.2) is 0 Å².